The van der Waals surface area contributed by atoms with Gasteiger partial charge in [0.05, 0.1) is 0 Å². The van der Waals surface area contributed by atoms with Gasteiger partial charge in [-0.2, -0.15) is 0 Å². The van der Waals surface area contributed by atoms with Crippen LogP contribution in [0.5, 0.6) is 0 Å². The molecule has 0 bridgehead atoms. The lowest BCUT2D eigenvalue weighted by Crippen LogP contribution is -2.14. The third-order valence-corrected chi connectivity index (χ3v) is 2.04. The van der Waals surface area contributed by atoms with Crippen LogP contribution in [0.1, 0.15) is 0 Å². The molecule has 0 aliphatic rings. The first-order chi connectivity index (χ1) is 7.90. The summed E-state index contributed by atoms with van der Waals surface area (Å²) in [5.74, 6) is 1.47. The Morgan fingerprint density at radius 2 is 1.94 bits per heavy atom. The standard InChI is InChI=1S/C11H13N5/c12-4-8-14-10-3-7-15-11(16-10)9-1-5-13-6-2-9/h1-3,5-7H,4,8,12H2,(H,14,15,16). The van der Waals surface area contributed by atoms with Crippen LogP contribution in [-0.2, 0) is 0 Å². The second-order valence-electron chi connectivity index (χ2n) is 3.22. The maximum absolute atomic E-state index is 5.41. The van der Waals surface area contributed by atoms with E-state index in [4.69, 9.17) is 5.73 Å². The van der Waals surface area contributed by atoms with Gasteiger partial charge in [-0.05, 0) is 18.2 Å². The number of aromatic nitrogens is 3. The lowest BCUT2D eigenvalue weighted by Gasteiger charge is -2.05. The number of hydrogen-bond acceptors (Lipinski definition) is 5. The van der Waals surface area contributed by atoms with Crippen LogP contribution >= 0.6 is 0 Å². The third kappa shape index (κ3) is 2.52. The number of pyridine rings is 1. The minimum absolute atomic E-state index is 0.578. The minimum Gasteiger partial charge on any atom is -0.369 e. The average molecular weight is 215 g/mol. The van der Waals surface area contributed by atoms with E-state index in [1.165, 1.54) is 0 Å². The molecule has 0 aliphatic carbocycles. The van der Waals surface area contributed by atoms with Crippen molar-refractivity contribution >= 4 is 5.82 Å². The highest BCUT2D eigenvalue weighted by Gasteiger charge is 2.01. The zero-order chi connectivity index (χ0) is 11.2. The van der Waals surface area contributed by atoms with E-state index in [1.54, 1.807) is 18.6 Å². The van der Waals surface area contributed by atoms with Gasteiger partial charge in [-0.25, -0.2) is 9.97 Å². The van der Waals surface area contributed by atoms with Crippen LogP contribution < -0.4 is 11.1 Å². The summed E-state index contributed by atoms with van der Waals surface area (Å²) < 4.78 is 0. The van der Waals surface area contributed by atoms with Crippen molar-refractivity contribution in [3.8, 4) is 11.4 Å². The van der Waals surface area contributed by atoms with Crippen molar-refractivity contribution in [2.45, 2.75) is 0 Å². The van der Waals surface area contributed by atoms with E-state index in [0.717, 1.165) is 11.4 Å². The second-order valence-corrected chi connectivity index (χ2v) is 3.22. The fourth-order valence-electron chi connectivity index (χ4n) is 1.30. The lowest BCUT2D eigenvalue weighted by atomic mass is 10.2. The maximum atomic E-state index is 5.41. The first-order valence-corrected chi connectivity index (χ1v) is 5.07. The molecule has 0 aliphatic heterocycles. The summed E-state index contributed by atoms with van der Waals surface area (Å²) in [6, 6.07) is 5.57. The molecule has 0 saturated carbocycles. The Balaban J connectivity index is 2.22. The number of rotatable bonds is 4. The largest absolute Gasteiger partial charge is 0.369 e. The Labute approximate surface area is 93.8 Å². The van der Waals surface area contributed by atoms with Crippen molar-refractivity contribution in [2.75, 3.05) is 18.4 Å². The van der Waals surface area contributed by atoms with Gasteiger partial charge in [0.1, 0.15) is 5.82 Å². The topological polar surface area (TPSA) is 76.7 Å². The van der Waals surface area contributed by atoms with Gasteiger partial charge in [0, 0.05) is 37.2 Å². The Kier molecular flexibility index (Phi) is 3.40. The van der Waals surface area contributed by atoms with Crippen LogP contribution in [-0.4, -0.2) is 28.0 Å². The molecular formula is C11H13N5. The highest BCUT2D eigenvalue weighted by molar-refractivity contribution is 5.55. The molecule has 0 atom stereocenters. The molecule has 2 aromatic heterocycles. The minimum atomic E-state index is 0.578. The van der Waals surface area contributed by atoms with Crippen LogP contribution in [0, 0.1) is 0 Å². The summed E-state index contributed by atoms with van der Waals surface area (Å²) in [4.78, 5) is 12.5. The van der Waals surface area contributed by atoms with Gasteiger partial charge in [-0.1, -0.05) is 0 Å². The van der Waals surface area contributed by atoms with Gasteiger partial charge in [0.25, 0.3) is 0 Å². The molecule has 0 radical (unpaired) electrons. The van der Waals surface area contributed by atoms with E-state index in [2.05, 4.69) is 20.3 Å². The molecule has 0 aromatic carbocycles. The molecule has 2 heterocycles. The van der Waals surface area contributed by atoms with Gasteiger partial charge >= 0.3 is 0 Å². The molecule has 0 amide bonds. The van der Waals surface area contributed by atoms with Gasteiger partial charge < -0.3 is 11.1 Å². The zero-order valence-corrected chi connectivity index (χ0v) is 8.80. The van der Waals surface area contributed by atoms with Crippen molar-refractivity contribution in [3.05, 3.63) is 36.8 Å². The molecule has 5 nitrogen and oxygen atoms in total. The maximum Gasteiger partial charge on any atom is 0.161 e. The molecule has 0 saturated heterocycles. The average Bonchev–Trinajstić information content (AvgIpc) is 2.38. The normalized spacial score (nSPS) is 10.1. The summed E-state index contributed by atoms with van der Waals surface area (Å²) in [7, 11) is 0. The highest BCUT2D eigenvalue weighted by Crippen LogP contribution is 2.14. The van der Waals surface area contributed by atoms with Crippen LogP contribution in [0.4, 0.5) is 5.82 Å². The molecular weight excluding hydrogens is 202 g/mol. The molecule has 0 fully saturated rings. The SMILES string of the molecule is NCCNc1ccnc(-c2ccncc2)n1. The van der Waals surface area contributed by atoms with Gasteiger partial charge in [-0.3, -0.25) is 4.98 Å². The first kappa shape index (κ1) is 10.5. The molecule has 2 rings (SSSR count). The number of nitrogens with zero attached hydrogens (tertiary/aromatic N) is 3. The van der Waals surface area contributed by atoms with Crippen LogP contribution in [0.25, 0.3) is 11.4 Å². The van der Waals surface area contributed by atoms with Gasteiger partial charge in [0.15, 0.2) is 5.82 Å². The fourth-order valence-corrected chi connectivity index (χ4v) is 1.30. The summed E-state index contributed by atoms with van der Waals surface area (Å²) in [5.41, 5.74) is 6.36. The Morgan fingerprint density at radius 1 is 1.12 bits per heavy atom. The van der Waals surface area contributed by atoms with Crippen LogP contribution in [0.15, 0.2) is 36.8 Å². The molecule has 82 valence electrons. The van der Waals surface area contributed by atoms with Crippen molar-refractivity contribution in [1.82, 2.24) is 15.0 Å². The van der Waals surface area contributed by atoms with Crippen molar-refractivity contribution < 1.29 is 0 Å². The number of nitrogens with one attached hydrogen (secondary N) is 1. The zero-order valence-electron chi connectivity index (χ0n) is 8.80. The van der Waals surface area contributed by atoms with E-state index in [-0.39, 0.29) is 0 Å². The molecule has 0 spiro atoms. The number of anilines is 1. The Hall–Kier alpha value is -2.01. The molecule has 3 N–H and O–H groups in total. The Morgan fingerprint density at radius 3 is 2.69 bits per heavy atom. The monoisotopic (exact) mass is 215 g/mol. The number of hydrogen-bond donors (Lipinski definition) is 2. The van der Waals surface area contributed by atoms with Crippen molar-refractivity contribution in [1.29, 1.82) is 0 Å². The van der Waals surface area contributed by atoms with E-state index >= 15 is 0 Å². The second kappa shape index (κ2) is 5.18. The van der Waals surface area contributed by atoms with Crippen molar-refractivity contribution in [3.63, 3.8) is 0 Å². The Bertz CT molecular complexity index is 443. The summed E-state index contributed by atoms with van der Waals surface area (Å²) in [5, 5.41) is 3.11. The van der Waals surface area contributed by atoms with E-state index in [1.807, 2.05) is 18.2 Å². The summed E-state index contributed by atoms with van der Waals surface area (Å²) in [6.45, 7) is 1.28. The lowest BCUT2D eigenvalue weighted by molar-refractivity contribution is 1.01. The molecule has 0 unspecified atom stereocenters. The van der Waals surface area contributed by atoms with Gasteiger partial charge in [-0.15, -0.1) is 0 Å². The first-order valence-electron chi connectivity index (χ1n) is 5.07. The van der Waals surface area contributed by atoms with Crippen LogP contribution in [0.3, 0.4) is 0 Å². The predicted octanol–water partition coefficient (Wildman–Crippen LogP) is 0.909. The molecule has 5 heteroatoms. The number of nitrogens with two attached hydrogens (primary N) is 1. The third-order valence-electron chi connectivity index (χ3n) is 2.04. The summed E-state index contributed by atoms with van der Waals surface area (Å²) in [6.07, 6.45) is 5.17. The van der Waals surface area contributed by atoms with E-state index in [9.17, 15) is 0 Å². The molecule has 16 heavy (non-hydrogen) atoms. The summed E-state index contributed by atoms with van der Waals surface area (Å²) >= 11 is 0. The van der Waals surface area contributed by atoms with Gasteiger partial charge in [0.2, 0.25) is 0 Å². The quantitative estimate of drug-likeness (QED) is 0.792. The van der Waals surface area contributed by atoms with E-state index in [0.29, 0.717) is 18.9 Å². The van der Waals surface area contributed by atoms with Crippen molar-refractivity contribution in [2.24, 2.45) is 5.73 Å². The van der Waals surface area contributed by atoms with E-state index < -0.39 is 0 Å². The molecule has 2 aromatic rings. The smallest absolute Gasteiger partial charge is 0.161 e. The predicted molar refractivity (Wildman–Crippen MR) is 62.8 cm³/mol. The highest BCUT2D eigenvalue weighted by atomic mass is 15.0. The van der Waals surface area contributed by atoms with Crippen LogP contribution in [0.2, 0.25) is 0 Å². The fraction of sp³-hybridized carbons (Fsp3) is 0.182.